The third-order valence-corrected chi connectivity index (χ3v) is 17.7. The number of aliphatic hydroxyl groups is 8. The van der Waals surface area contributed by atoms with Crippen molar-refractivity contribution in [2.24, 2.45) is 56.7 Å². The van der Waals surface area contributed by atoms with Crippen LogP contribution in [0, 0.1) is 56.7 Å². The fraction of sp³-hybridized carbons (Fsp3) is 0.905. The fourth-order valence-corrected chi connectivity index (χ4v) is 13.8. The van der Waals surface area contributed by atoms with E-state index in [2.05, 4.69) is 40.7 Å². The number of carboxylic acids is 1. The number of carbonyl (C=O) groups is 2. The van der Waals surface area contributed by atoms with E-state index >= 15 is 0 Å². The molecule has 7 rings (SSSR count). The first-order chi connectivity index (χ1) is 26.7. The normalized spacial score (nSPS) is 54.9. The van der Waals surface area contributed by atoms with Crippen molar-refractivity contribution in [2.45, 2.75) is 167 Å². The molecule has 4 saturated carbocycles. The minimum Gasteiger partial charge on any atom is -0.479 e. The maximum atomic E-state index is 14.6. The SMILES string of the molecule is C[C@H]1[C@H](C)CC[C@]2(C(=O)O[C@@H]3O[C@H](CO)[C@@H](O)[C@H](O)[C@H]3O)CC[C@]3(C)C(=CCC4[C@@]5(C)CC[C@H](O[C@@H]6O[C@H](C(=O)O)[C@@H](O)[C@H](O)[C@H]6O)[C@@](C)(CO)C5CC[C@]43C)[C@H]12. The maximum absolute atomic E-state index is 14.6. The van der Waals surface area contributed by atoms with Crippen LogP contribution in [0.4, 0.5) is 0 Å². The van der Waals surface area contributed by atoms with E-state index in [1.54, 1.807) is 0 Å². The number of fused-ring (bicyclic) bond motifs is 7. The van der Waals surface area contributed by atoms with E-state index < -0.39 is 96.9 Å². The van der Waals surface area contributed by atoms with Crippen LogP contribution in [0.15, 0.2) is 11.6 Å². The molecule has 0 radical (unpaired) electrons. The van der Waals surface area contributed by atoms with Crippen molar-refractivity contribution in [1.82, 2.24) is 0 Å². The highest BCUT2D eigenvalue weighted by Gasteiger charge is 2.71. The lowest BCUT2D eigenvalue weighted by atomic mass is 9.33. The molecule has 0 aromatic rings. The summed E-state index contributed by atoms with van der Waals surface area (Å²) in [6.45, 7) is 12.6. The van der Waals surface area contributed by atoms with Gasteiger partial charge in [0.2, 0.25) is 6.29 Å². The molecular weight excluding hydrogens is 744 g/mol. The van der Waals surface area contributed by atoms with E-state index in [1.807, 2.05) is 6.92 Å². The first-order valence-electron chi connectivity index (χ1n) is 21.1. The quantitative estimate of drug-likeness (QED) is 0.0997. The Hall–Kier alpha value is -1.76. The van der Waals surface area contributed by atoms with Crippen LogP contribution in [0.25, 0.3) is 0 Å². The summed E-state index contributed by atoms with van der Waals surface area (Å²) in [7, 11) is 0. The Morgan fingerprint density at radius 2 is 1.44 bits per heavy atom. The summed E-state index contributed by atoms with van der Waals surface area (Å²) in [6, 6.07) is 0. The molecule has 2 heterocycles. The molecule has 0 amide bonds. The lowest BCUT2D eigenvalue weighted by Gasteiger charge is -2.71. The second-order valence-corrected chi connectivity index (χ2v) is 20.0. The number of hydrogen-bond acceptors (Lipinski definition) is 14. The van der Waals surface area contributed by atoms with Gasteiger partial charge in [-0.15, -0.1) is 0 Å². The Morgan fingerprint density at radius 3 is 2.09 bits per heavy atom. The van der Waals surface area contributed by atoms with Gasteiger partial charge in [0.05, 0.1) is 24.7 Å². The van der Waals surface area contributed by atoms with E-state index in [4.69, 9.17) is 18.9 Å². The van der Waals surface area contributed by atoms with E-state index in [9.17, 15) is 55.5 Å². The standard InChI is InChI=1S/C42H66O15/c1-19-9-14-42(37(53)57-35-31(49)28(46)27(45)22(17-43)54-35)16-15-40(5)21(26(42)20(19)2)7-8-24-38(3)12-11-25(39(4,18-44)23(38)10-13-41(24,40)6)55-36-32(50)29(47)30(48)33(56-36)34(51)52/h7,19-20,22-33,35-36,43-50H,8-18H2,1-6H3,(H,51,52)/t19-,20+,22-,23?,24?,25+,26+,27-,28+,29+,30+,31-,32-,33+,35+,36-,38+,39+,40-,41-,42+/m1/s1. The minimum atomic E-state index is -1.84. The number of aliphatic hydroxyl groups excluding tert-OH is 8. The first kappa shape index (κ1) is 43.3. The minimum absolute atomic E-state index is 0.0262. The molecule has 2 unspecified atom stereocenters. The number of esters is 1. The van der Waals surface area contributed by atoms with Crippen molar-refractivity contribution in [2.75, 3.05) is 13.2 Å². The average Bonchev–Trinajstić information content (AvgIpc) is 3.17. The van der Waals surface area contributed by atoms with Gasteiger partial charge in [0.1, 0.15) is 42.7 Å². The van der Waals surface area contributed by atoms with Crippen LogP contribution in [-0.2, 0) is 28.5 Å². The van der Waals surface area contributed by atoms with Gasteiger partial charge >= 0.3 is 11.9 Å². The van der Waals surface area contributed by atoms with Gasteiger partial charge in [-0.3, -0.25) is 4.79 Å². The molecule has 0 aromatic heterocycles. The van der Waals surface area contributed by atoms with Gasteiger partial charge in [0, 0.05) is 5.41 Å². The predicted molar refractivity (Wildman–Crippen MR) is 199 cm³/mol. The third-order valence-electron chi connectivity index (χ3n) is 17.7. The number of rotatable bonds is 7. The van der Waals surface area contributed by atoms with Gasteiger partial charge in [-0.05, 0) is 104 Å². The molecule has 6 fully saturated rings. The van der Waals surface area contributed by atoms with Gasteiger partial charge in [-0.25, -0.2) is 4.79 Å². The lowest BCUT2D eigenvalue weighted by molar-refractivity contribution is -0.327. The molecule has 2 saturated heterocycles. The largest absolute Gasteiger partial charge is 0.479 e. The Balaban J connectivity index is 1.17. The Labute approximate surface area is 334 Å². The number of carbonyl (C=O) groups excluding carboxylic acids is 1. The van der Waals surface area contributed by atoms with Gasteiger partial charge in [0.25, 0.3) is 0 Å². The average molecular weight is 811 g/mol. The monoisotopic (exact) mass is 810 g/mol. The van der Waals surface area contributed by atoms with Crippen molar-refractivity contribution >= 4 is 11.9 Å². The molecule has 5 aliphatic carbocycles. The molecule has 15 nitrogen and oxygen atoms in total. The molecule has 57 heavy (non-hydrogen) atoms. The van der Waals surface area contributed by atoms with E-state index in [0.29, 0.717) is 31.6 Å². The van der Waals surface area contributed by atoms with Crippen LogP contribution < -0.4 is 0 Å². The van der Waals surface area contributed by atoms with Crippen LogP contribution >= 0.6 is 0 Å². The summed E-state index contributed by atoms with van der Waals surface area (Å²) in [5.41, 5.74) is -1.21. The van der Waals surface area contributed by atoms with Crippen molar-refractivity contribution in [3.8, 4) is 0 Å². The molecule has 2 aliphatic heterocycles. The highest BCUT2D eigenvalue weighted by Crippen LogP contribution is 2.76. The van der Waals surface area contributed by atoms with Gasteiger partial charge < -0.3 is 64.9 Å². The summed E-state index contributed by atoms with van der Waals surface area (Å²) in [5.74, 6) is -1.52. The molecule has 0 spiro atoms. The maximum Gasteiger partial charge on any atom is 0.335 e. The molecule has 0 bridgehead atoms. The van der Waals surface area contributed by atoms with Gasteiger partial charge in [0.15, 0.2) is 12.4 Å². The molecule has 7 aliphatic rings. The molecule has 21 atom stereocenters. The molecule has 0 aromatic carbocycles. The second kappa shape index (κ2) is 15.0. The fourth-order valence-electron chi connectivity index (χ4n) is 13.8. The number of carboxylic acid groups (broad SMARTS) is 1. The second-order valence-electron chi connectivity index (χ2n) is 20.0. The predicted octanol–water partition coefficient (Wildman–Crippen LogP) is 1.24. The number of ether oxygens (including phenoxy) is 4. The Bertz CT molecular complexity index is 1570. The summed E-state index contributed by atoms with van der Waals surface area (Å²) in [4.78, 5) is 26.4. The van der Waals surface area contributed by atoms with Gasteiger partial charge in [-0.2, -0.15) is 0 Å². The number of hydrogen-bond donors (Lipinski definition) is 9. The van der Waals surface area contributed by atoms with Crippen LogP contribution in [0.3, 0.4) is 0 Å². The van der Waals surface area contributed by atoms with E-state index in [1.165, 1.54) is 5.57 Å². The van der Waals surface area contributed by atoms with Crippen LogP contribution in [0.5, 0.6) is 0 Å². The van der Waals surface area contributed by atoms with E-state index in [-0.39, 0.29) is 46.5 Å². The lowest BCUT2D eigenvalue weighted by Crippen LogP contribution is -2.67. The number of allylic oxidation sites excluding steroid dienone is 2. The Kier molecular flexibility index (Phi) is 11.4. The number of aliphatic carboxylic acids is 1. The summed E-state index contributed by atoms with van der Waals surface area (Å²) < 4.78 is 23.4. The first-order valence-corrected chi connectivity index (χ1v) is 21.1. The van der Waals surface area contributed by atoms with Crippen molar-refractivity contribution < 1.29 is 74.5 Å². The molecule has 9 N–H and O–H groups in total. The van der Waals surface area contributed by atoms with Crippen LogP contribution in [0.2, 0.25) is 0 Å². The zero-order valence-corrected chi connectivity index (χ0v) is 34.1. The smallest absolute Gasteiger partial charge is 0.335 e. The topological polar surface area (TPSA) is 253 Å². The molecule has 324 valence electrons. The summed E-state index contributed by atoms with van der Waals surface area (Å²) in [6.07, 6.45) is -8.34. The highest BCUT2D eigenvalue weighted by molar-refractivity contribution is 5.79. The van der Waals surface area contributed by atoms with E-state index in [0.717, 1.165) is 32.1 Å². The van der Waals surface area contributed by atoms with Gasteiger partial charge in [-0.1, -0.05) is 53.2 Å². The van der Waals surface area contributed by atoms with Crippen LogP contribution in [0.1, 0.15) is 99.3 Å². The van der Waals surface area contributed by atoms with Crippen LogP contribution in [-0.4, -0.2) is 139 Å². The molecular formula is C42H66O15. The molecule has 15 heteroatoms. The summed E-state index contributed by atoms with van der Waals surface area (Å²) in [5, 5.41) is 93.7. The third kappa shape index (κ3) is 6.22. The van der Waals surface area contributed by atoms with Crippen molar-refractivity contribution in [3.05, 3.63) is 11.6 Å². The summed E-state index contributed by atoms with van der Waals surface area (Å²) >= 11 is 0. The highest BCUT2D eigenvalue weighted by atomic mass is 16.7. The Morgan fingerprint density at radius 1 is 0.772 bits per heavy atom. The van der Waals surface area contributed by atoms with Crippen molar-refractivity contribution in [1.29, 1.82) is 0 Å². The zero-order chi connectivity index (χ0) is 41.8. The zero-order valence-electron chi connectivity index (χ0n) is 34.1. The van der Waals surface area contributed by atoms with Crippen molar-refractivity contribution in [3.63, 3.8) is 0 Å².